The van der Waals surface area contributed by atoms with Crippen LogP contribution < -0.4 is 10.4 Å². The molecule has 0 N–H and O–H groups in total. The van der Waals surface area contributed by atoms with Crippen molar-refractivity contribution < 1.29 is 32.0 Å². The molecule has 1 unspecified atom stereocenters. The molecule has 0 aromatic heterocycles. The predicted octanol–water partition coefficient (Wildman–Crippen LogP) is 13.4. The molecular formula is C54H92O7Si4. The minimum absolute atomic E-state index is 0.0159. The Morgan fingerprint density at radius 2 is 1.14 bits per heavy atom. The van der Waals surface area contributed by atoms with Crippen LogP contribution in [0.3, 0.4) is 0 Å². The first kappa shape index (κ1) is 55.7. The lowest BCUT2D eigenvalue weighted by atomic mass is 9.97. The van der Waals surface area contributed by atoms with Crippen molar-refractivity contribution in [1.29, 1.82) is 0 Å². The average molecular weight is 966 g/mol. The molecule has 2 aliphatic heterocycles. The summed E-state index contributed by atoms with van der Waals surface area (Å²) in [5.41, 5.74) is 0. The molecule has 4 rings (SSSR count). The molecule has 65 heavy (non-hydrogen) atoms. The molecule has 1 saturated heterocycles. The molecule has 7 nitrogen and oxygen atoms in total. The van der Waals surface area contributed by atoms with Gasteiger partial charge in [-0.25, -0.2) is 0 Å². The first-order valence-electron chi connectivity index (χ1n) is 24.7. The Hall–Kier alpha value is -1.94. The number of allylic oxidation sites excluding steroid dienone is 1. The van der Waals surface area contributed by atoms with Crippen LogP contribution in [0.5, 0.6) is 0 Å². The maximum atomic E-state index is 14.2. The van der Waals surface area contributed by atoms with Gasteiger partial charge in [-0.3, -0.25) is 4.79 Å². The Labute approximate surface area is 401 Å². The third-order valence-corrected chi connectivity index (χ3v) is 33.8. The van der Waals surface area contributed by atoms with E-state index in [2.05, 4.69) is 221 Å². The monoisotopic (exact) mass is 965 g/mol. The summed E-state index contributed by atoms with van der Waals surface area (Å²) >= 11 is 0. The van der Waals surface area contributed by atoms with E-state index in [1.54, 1.807) is 0 Å². The van der Waals surface area contributed by atoms with Gasteiger partial charge in [-0.2, -0.15) is 0 Å². The van der Waals surface area contributed by atoms with Crippen molar-refractivity contribution in [1.82, 2.24) is 0 Å². The van der Waals surface area contributed by atoms with Crippen molar-refractivity contribution in [2.75, 3.05) is 6.61 Å². The van der Waals surface area contributed by atoms with Gasteiger partial charge in [-0.1, -0.05) is 182 Å². The zero-order valence-electron chi connectivity index (χ0n) is 44.6. The van der Waals surface area contributed by atoms with Crippen LogP contribution in [0.2, 0.25) is 59.4 Å². The summed E-state index contributed by atoms with van der Waals surface area (Å²) in [6.07, 6.45) is 9.44. The normalized spacial score (nSPS) is 25.6. The average Bonchev–Trinajstić information content (AvgIpc) is 3.91. The van der Waals surface area contributed by atoms with E-state index >= 15 is 0 Å². The van der Waals surface area contributed by atoms with Gasteiger partial charge < -0.3 is 27.2 Å². The zero-order valence-corrected chi connectivity index (χ0v) is 48.6. The van der Waals surface area contributed by atoms with Gasteiger partial charge in [0.05, 0.1) is 24.4 Å². The Bertz CT molecular complexity index is 1830. The molecule has 2 aromatic carbocycles. The molecule has 2 aromatic rings. The molecule has 2 aliphatic rings. The van der Waals surface area contributed by atoms with E-state index in [4.69, 9.17) is 27.2 Å². The number of ether oxygens (including phenoxy) is 2. The molecule has 2 heterocycles. The molecule has 0 amide bonds. The van der Waals surface area contributed by atoms with E-state index in [9.17, 15) is 4.79 Å². The molecule has 0 spiro atoms. The van der Waals surface area contributed by atoms with Crippen LogP contribution >= 0.6 is 0 Å². The number of carbonyl (C=O) groups is 1. The van der Waals surface area contributed by atoms with Crippen molar-refractivity contribution >= 4 is 49.6 Å². The number of epoxide rings is 1. The highest BCUT2D eigenvalue weighted by molar-refractivity contribution is 6.99. The first-order chi connectivity index (χ1) is 29.7. The number of rotatable bonds is 14. The predicted molar refractivity (Wildman–Crippen MR) is 283 cm³/mol. The second kappa shape index (κ2) is 21.4. The second-order valence-corrected chi connectivity index (χ2v) is 43.8. The van der Waals surface area contributed by atoms with Crippen LogP contribution in [0.15, 0.2) is 85.0 Å². The van der Waals surface area contributed by atoms with Crippen LogP contribution in [-0.4, -0.2) is 82.5 Å². The van der Waals surface area contributed by atoms with Crippen LogP contribution in [0.25, 0.3) is 0 Å². The van der Waals surface area contributed by atoms with Crippen molar-refractivity contribution in [3.63, 3.8) is 0 Å². The highest BCUT2D eigenvalue weighted by atomic mass is 28.4. The SMILES string of the molecule is C[C@H]1C/C=C/C(O[Si](C)(C)C(C)(C)C)[C@@H](O[Si](C)(C)C(C)(C)C)/C=C/[C@@H]2O[C@@H]2C[C@@H]([C@H](C[C@@H](C)CO[Si](c2ccccc2)(c2ccccc2)C(C)(C)C)O[Si](C)(C)C(C)(C)C)OC(=O)C1. The number of benzene rings is 2. The molecule has 8 atom stereocenters. The van der Waals surface area contributed by atoms with Crippen LogP contribution in [0, 0.1) is 11.8 Å². The fraction of sp³-hybridized carbons (Fsp3) is 0.685. The van der Waals surface area contributed by atoms with Crippen LogP contribution in [0.4, 0.5) is 0 Å². The zero-order chi connectivity index (χ0) is 49.0. The van der Waals surface area contributed by atoms with Gasteiger partial charge in [0.2, 0.25) is 0 Å². The van der Waals surface area contributed by atoms with Gasteiger partial charge in [-0.15, -0.1) is 0 Å². The van der Waals surface area contributed by atoms with E-state index in [0.717, 1.165) is 6.42 Å². The van der Waals surface area contributed by atoms with Gasteiger partial charge in [-0.05, 0) is 94.5 Å². The Kier molecular flexibility index (Phi) is 18.3. The number of carbonyl (C=O) groups excluding carboxylic acids is 1. The molecule has 1 fully saturated rings. The quantitative estimate of drug-likeness (QED) is 0.0808. The van der Waals surface area contributed by atoms with Gasteiger partial charge in [0, 0.05) is 19.4 Å². The lowest BCUT2D eigenvalue weighted by molar-refractivity contribution is -0.157. The third-order valence-electron chi connectivity index (χ3n) is 15.3. The van der Waals surface area contributed by atoms with Crippen LogP contribution in [0.1, 0.15) is 123 Å². The van der Waals surface area contributed by atoms with E-state index < -0.39 is 39.4 Å². The summed E-state index contributed by atoms with van der Waals surface area (Å²) < 4.78 is 42.5. The van der Waals surface area contributed by atoms with Crippen molar-refractivity contribution in [2.45, 2.75) is 219 Å². The summed E-state index contributed by atoms with van der Waals surface area (Å²) in [5, 5.41) is 2.37. The van der Waals surface area contributed by atoms with Gasteiger partial charge in [0.25, 0.3) is 8.32 Å². The Morgan fingerprint density at radius 1 is 0.662 bits per heavy atom. The Balaban J connectivity index is 1.73. The second-order valence-electron chi connectivity index (χ2n) is 25.2. The fourth-order valence-electron chi connectivity index (χ4n) is 8.06. The molecule has 366 valence electrons. The lowest BCUT2D eigenvalue weighted by Crippen LogP contribution is -2.66. The standard InChI is InChI=1S/C54H92O7Si4/c1-40-28-27-33-45(59-62(15,16)51(3,4)5)46(60-63(17,18)52(6,7)8)35-34-44-47(57-44)38-48(58-50(55)37-40)49(61-64(19,20)53(9,10)11)36-41(2)39-56-65(54(12,13)14,42-29-23-21-24-30-42)43-31-25-22-26-32-43/h21-27,29-35,40-41,44-49H,28,36-39H2,1-20H3/b33-27+,35-34+/t40-,41+,44-,45?,46-,47+,48-,49-/m0/s1. The number of fused-ring (bicyclic) bond motifs is 1. The molecule has 0 saturated carbocycles. The van der Waals surface area contributed by atoms with E-state index in [1.165, 1.54) is 10.4 Å². The molecule has 0 radical (unpaired) electrons. The van der Waals surface area contributed by atoms with E-state index in [-0.39, 0.29) is 68.5 Å². The minimum atomic E-state index is -2.78. The van der Waals surface area contributed by atoms with E-state index in [1.807, 2.05) is 0 Å². The maximum absolute atomic E-state index is 14.2. The van der Waals surface area contributed by atoms with Crippen LogP contribution in [-0.2, 0) is 32.0 Å². The lowest BCUT2D eigenvalue weighted by Gasteiger charge is -2.44. The number of hydrogen-bond donors (Lipinski definition) is 0. The largest absolute Gasteiger partial charge is 0.460 e. The summed E-state index contributed by atoms with van der Waals surface area (Å²) in [6, 6.07) is 21.7. The van der Waals surface area contributed by atoms with E-state index in [0.29, 0.717) is 25.9 Å². The number of hydrogen-bond acceptors (Lipinski definition) is 7. The summed E-state index contributed by atoms with van der Waals surface area (Å²) in [4.78, 5) is 14.2. The third kappa shape index (κ3) is 14.5. The highest BCUT2D eigenvalue weighted by Gasteiger charge is 2.51. The fourth-order valence-corrected chi connectivity index (χ4v) is 16.6. The summed E-state index contributed by atoms with van der Waals surface area (Å²) in [6.45, 7) is 46.4. The van der Waals surface area contributed by atoms with Crippen molar-refractivity contribution in [3.05, 3.63) is 85.0 Å². The Morgan fingerprint density at radius 3 is 1.60 bits per heavy atom. The maximum Gasteiger partial charge on any atom is 0.306 e. The van der Waals surface area contributed by atoms with Gasteiger partial charge in [0.1, 0.15) is 12.2 Å². The smallest absolute Gasteiger partial charge is 0.306 e. The van der Waals surface area contributed by atoms with Crippen molar-refractivity contribution in [2.24, 2.45) is 11.8 Å². The minimum Gasteiger partial charge on any atom is -0.460 e. The van der Waals surface area contributed by atoms with Crippen molar-refractivity contribution in [3.8, 4) is 0 Å². The first-order valence-corrected chi connectivity index (χ1v) is 35.3. The molecular weight excluding hydrogens is 873 g/mol. The summed E-state index contributed by atoms with van der Waals surface area (Å²) in [7, 11) is -9.56. The molecule has 0 aliphatic carbocycles. The number of cyclic esters (lactones) is 1. The topological polar surface area (TPSA) is 75.8 Å². The molecule has 0 bridgehead atoms. The number of esters is 1. The summed E-state index contributed by atoms with van der Waals surface area (Å²) in [5.74, 6) is -0.0174. The molecule has 11 heteroatoms. The van der Waals surface area contributed by atoms with Gasteiger partial charge >= 0.3 is 5.97 Å². The van der Waals surface area contributed by atoms with Gasteiger partial charge in [0.15, 0.2) is 25.0 Å². The highest BCUT2D eigenvalue weighted by Crippen LogP contribution is 2.44.